The molecule has 3 aromatic rings. The van der Waals surface area contributed by atoms with Crippen molar-refractivity contribution in [2.24, 2.45) is 0 Å². The minimum Gasteiger partial charge on any atom is -0.374 e. The van der Waals surface area contributed by atoms with Crippen molar-refractivity contribution in [2.75, 3.05) is 25.5 Å². The molecule has 0 saturated heterocycles. The maximum atomic E-state index is 12.6. The van der Waals surface area contributed by atoms with Crippen molar-refractivity contribution in [2.45, 2.75) is 32.5 Å². The first kappa shape index (κ1) is 21.3. The summed E-state index contributed by atoms with van der Waals surface area (Å²) in [6.45, 7) is 2.90. The Morgan fingerprint density at radius 2 is 2.06 bits per heavy atom. The van der Waals surface area contributed by atoms with Gasteiger partial charge >= 0.3 is 0 Å². The van der Waals surface area contributed by atoms with Gasteiger partial charge in [-0.15, -0.1) is 0 Å². The Labute approximate surface area is 186 Å². The summed E-state index contributed by atoms with van der Waals surface area (Å²) < 4.78 is 0. The highest BCUT2D eigenvalue weighted by atomic mass is 32.1. The van der Waals surface area contributed by atoms with Gasteiger partial charge in [-0.1, -0.05) is 12.1 Å². The number of fused-ring (bicyclic) bond motifs is 1. The summed E-state index contributed by atoms with van der Waals surface area (Å²) in [4.78, 5) is 32.3. The van der Waals surface area contributed by atoms with Crippen LogP contribution in [0, 0.1) is 0 Å². The molecule has 2 aromatic heterocycles. The molecule has 6 nitrogen and oxygen atoms in total. The van der Waals surface area contributed by atoms with Crippen LogP contribution in [0.5, 0.6) is 0 Å². The average Bonchev–Trinajstić information content (AvgIpc) is 3.25. The van der Waals surface area contributed by atoms with Crippen LogP contribution in [0.1, 0.15) is 39.2 Å². The van der Waals surface area contributed by atoms with Crippen LogP contribution in [0.25, 0.3) is 0 Å². The molecular formula is C24H28N4O2S. The predicted octanol–water partition coefficient (Wildman–Crippen LogP) is 3.38. The molecule has 1 aromatic carbocycles. The Balaban J connectivity index is 1.36. The first-order valence-corrected chi connectivity index (χ1v) is 11.5. The van der Waals surface area contributed by atoms with Gasteiger partial charge in [-0.2, -0.15) is 11.3 Å². The number of pyridine rings is 1. The summed E-state index contributed by atoms with van der Waals surface area (Å²) in [6, 6.07) is 11.8. The molecule has 1 amide bonds. The van der Waals surface area contributed by atoms with Crippen LogP contribution in [0.15, 0.2) is 52.0 Å². The zero-order chi connectivity index (χ0) is 21.8. The Hall–Kier alpha value is -2.90. The number of aromatic amines is 1. The fourth-order valence-corrected chi connectivity index (χ4v) is 4.71. The van der Waals surface area contributed by atoms with Crippen LogP contribution < -0.4 is 15.8 Å². The molecule has 0 radical (unpaired) electrons. The Morgan fingerprint density at radius 3 is 2.84 bits per heavy atom. The fraction of sp³-hybridized carbons (Fsp3) is 0.333. The van der Waals surface area contributed by atoms with Crippen LogP contribution >= 0.6 is 11.3 Å². The third-order valence-electron chi connectivity index (χ3n) is 5.64. The molecule has 0 aliphatic carbocycles. The van der Waals surface area contributed by atoms with Gasteiger partial charge in [-0.25, -0.2) is 0 Å². The smallest absolute Gasteiger partial charge is 0.261 e. The van der Waals surface area contributed by atoms with Gasteiger partial charge in [0.05, 0.1) is 0 Å². The molecule has 31 heavy (non-hydrogen) atoms. The van der Waals surface area contributed by atoms with Gasteiger partial charge in [0.15, 0.2) is 0 Å². The number of aryl methyl sites for hydroxylation is 1. The number of anilines is 1. The topological polar surface area (TPSA) is 68.4 Å². The summed E-state index contributed by atoms with van der Waals surface area (Å²) in [5.41, 5.74) is 5.45. The van der Waals surface area contributed by atoms with E-state index in [1.807, 2.05) is 19.2 Å². The lowest BCUT2D eigenvalue weighted by Crippen LogP contribution is -2.30. The third-order valence-corrected chi connectivity index (χ3v) is 6.37. The summed E-state index contributed by atoms with van der Waals surface area (Å²) in [5, 5.41) is 7.06. The summed E-state index contributed by atoms with van der Waals surface area (Å²) in [5.74, 6) is -0.353. The maximum absolute atomic E-state index is 12.6. The number of carbonyl (C=O) groups excluding carboxylic acids is 1. The van der Waals surface area contributed by atoms with Crippen molar-refractivity contribution >= 4 is 22.9 Å². The van der Waals surface area contributed by atoms with Gasteiger partial charge in [0.1, 0.15) is 5.56 Å². The van der Waals surface area contributed by atoms with E-state index in [-0.39, 0.29) is 17.0 Å². The molecule has 162 valence electrons. The molecule has 2 N–H and O–H groups in total. The number of carbonyl (C=O) groups is 1. The number of benzene rings is 1. The molecule has 1 aliphatic heterocycles. The van der Waals surface area contributed by atoms with Gasteiger partial charge < -0.3 is 15.2 Å². The quantitative estimate of drug-likeness (QED) is 0.596. The molecule has 0 saturated carbocycles. The van der Waals surface area contributed by atoms with Gasteiger partial charge in [0.2, 0.25) is 0 Å². The SMILES string of the molecule is CN(Cc1ccsc1)Cc1ccc(C(=O)NCc2ccc3c(c2)CCCN3C)c(=O)[nH]1. The molecule has 3 heterocycles. The fourth-order valence-electron chi connectivity index (χ4n) is 4.05. The van der Waals surface area contributed by atoms with E-state index in [1.165, 1.54) is 16.8 Å². The van der Waals surface area contributed by atoms with Crippen molar-refractivity contribution in [3.8, 4) is 0 Å². The summed E-state index contributed by atoms with van der Waals surface area (Å²) in [6.07, 6.45) is 2.20. The molecular weight excluding hydrogens is 408 g/mol. The lowest BCUT2D eigenvalue weighted by Gasteiger charge is -2.27. The van der Waals surface area contributed by atoms with Gasteiger partial charge in [-0.05, 0) is 71.6 Å². The van der Waals surface area contributed by atoms with Crippen LogP contribution in [-0.2, 0) is 26.1 Å². The van der Waals surface area contributed by atoms with E-state index in [0.29, 0.717) is 13.1 Å². The summed E-state index contributed by atoms with van der Waals surface area (Å²) in [7, 11) is 4.11. The lowest BCUT2D eigenvalue weighted by atomic mass is 9.99. The van der Waals surface area contributed by atoms with Crippen LogP contribution in [0.4, 0.5) is 5.69 Å². The highest BCUT2D eigenvalue weighted by Crippen LogP contribution is 2.26. The van der Waals surface area contributed by atoms with E-state index in [2.05, 4.69) is 56.1 Å². The van der Waals surface area contributed by atoms with Crippen LogP contribution in [0.3, 0.4) is 0 Å². The Morgan fingerprint density at radius 1 is 1.19 bits per heavy atom. The summed E-state index contributed by atoms with van der Waals surface area (Å²) >= 11 is 1.67. The predicted molar refractivity (Wildman–Crippen MR) is 126 cm³/mol. The standard InChI is InChI=1S/C24H28N4O2S/c1-27(14-18-9-11-31-16-18)15-20-6-7-21(24(30)26-20)23(29)25-13-17-5-8-22-19(12-17)4-3-10-28(22)2/h5-9,11-12,16H,3-4,10,13-15H2,1-2H3,(H,25,29)(H,26,30). The minimum absolute atomic E-state index is 0.141. The first-order chi connectivity index (χ1) is 15.0. The van der Waals surface area contributed by atoms with Crippen molar-refractivity contribution in [1.29, 1.82) is 0 Å². The number of H-pyrrole nitrogens is 1. The Kier molecular flexibility index (Phi) is 6.53. The van der Waals surface area contributed by atoms with E-state index in [0.717, 1.165) is 37.2 Å². The maximum Gasteiger partial charge on any atom is 0.261 e. The van der Waals surface area contributed by atoms with E-state index in [4.69, 9.17) is 0 Å². The third kappa shape index (κ3) is 5.24. The van der Waals surface area contributed by atoms with Gasteiger partial charge in [0, 0.05) is 44.6 Å². The molecule has 0 fully saturated rings. The van der Waals surface area contributed by atoms with E-state index >= 15 is 0 Å². The van der Waals surface area contributed by atoms with Crippen LogP contribution in [0.2, 0.25) is 0 Å². The lowest BCUT2D eigenvalue weighted by molar-refractivity contribution is 0.0949. The van der Waals surface area contributed by atoms with E-state index in [9.17, 15) is 9.59 Å². The second-order valence-corrected chi connectivity index (χ2v) is 8.98. The second-order valence-electron chi connectivity index (χ2n) is 8.20. The van der Waals surface area contributed by atoms with Crippen molar-refractivity contribution in [3.05, 3.63) is 85.5 Å². The molecule has 7 heteroatoms. The number of thiophene rings is 1. The molecule has 0 atom stereocenters. The average molecular weight is 437 g/mol. The molecule has 4 rings (SSSR count). The number of rotatable bonds is 7. The molecule has 1 aliphatic rings. The van der Waals surface area contributed by atoms with Crippen molar-refractivity contribution in [3.63, 3.8) is 0 Å². The van der Waals surface area contributed by atoms with Gasteiger partial charge in [-0.3, -0.25) is 14.5 Å². The number of hydrogen-bond acceptors (Lipinski definition) is 5. The molecule has 0 unspecified atom stereocenters. The largest absolute Gasteiger partial charge is 0.374 e. The highest BCUT2D eigenvalue weighted by molar-refractivity contribution is 7.07. The number of nitrogens with one attached hydrogen (secondary N) is 2. The number of hydrogen-bond donors (Lipinski definition) is 2. The van der Waals surface area contributed by atoms with E-state index in [1.54, 1.807) is 17.4 Å². The van der Waals surface area contributed by atoms with Crippen molar-refractivity contribution in [1.82, 2.24) is 15.2 Å². The molecule has 0 spiro atoms. The zero-order valence-corrected chi connectivity index (χ0v) is 18.8. The number of amides is 1. The van der Waals surface area contributed by atoms with Gasteiger partial charge in [0.25, 0.3) is 11.5 Å². The van der Waals surface area contributed by atoms with Crippen molar-refractivity contribution < 1.29 is 4.79 Å². The normalized spacial score (nSPS) is 13.3. The Bertz CT molecular complexity index is 1110. The van der Waals surface area contributed by atoms with Crippen LogP contribution in [-0.4, -0.2) is 36.4 Å². The number of aromatic nitrogens is 1. The highest BCUT2D eigenvalue weighted by Gasteiger charge is 2.15. The second kappa shape index (κ2) is 9.49. The molecule has 0 bridgehead atoms. The monoisotopic (exact) mass is 436 g/mol. The van der Waals surface area contributed by atoms with E-state index < -0.39 is 0 Å². The number of nitrogens with zero attached hydrogens (tertiary/aromatic N) is 2. The minimum atomic E-state index is -0.356. The zero-order valence-electron chi connectivity index (χ0n) is 18.0. The first-order valence-electron chi connectivity index (χ1n) is 10.5.